The highest BCUT2D eigenvalue weighted by atomic mass is 19.1. The number of benzene rings is 3. The molecule has 7 nitrogen and oxygen atoms in total. The normalized spacial score (nSPS) is 20.3. The van der Waals surface area contributed by atoms with Crippen LogP contribution in [-0.2, 0) is 4.79 Å². The SMILES string of the molecule is COc1ccc(C#Cc2ccc([C@@H]3[C@H](CO)N4C(=O)CN(C(=O)Nc5ccccc5F)C[C@@H]34)cc2)cc1. The van der Waals surface area contributed by atoms with Crippen molar-refractivity contribution in [3.05, 3.63) is 95.3 Å². The van der Waals surface area contributed by atoms with Crippen LogP contribution in [0.1, 0.15) is 22.6 Å². The Morgan fingerprint density at radius 3 is 2.32 bits per heavy atom. The number of para-hydroxylation sites is 1. The number of hydrogen-bond acceptors (Lipinski definition) is 4. The van der Waals surface area contributed by atoms with E-state index in [0.29, 0.717) is 0 Å². The van der Waals surface area contributed by atoms with Crippen molar-refractivity contribution >= 4 is 17.6 Å². The number of anilines is 1. The van der Waals surface area contributed by atoms with E-state index in [2.05, 4.69) is 17.2 Å². The van der Waals surface area contributed by atoms with E-state index in [4.69, 9.17) is 4.74 Å². The third kappa shape index (κ3) is 4.86. The van der Waals surface area contributed by atoms with E-state index >= 15 is 0 Å². The number of methoxy groups -OCH3 is 1. The van der Waals surface area contributed by atoms with E-state index in [1.807, 2.05) is 48.5 Å². The van der Waals surface area contributed by atoms with Crippen molar-refractivity contribution in [1.29, 1.82) is 0 Å². The van der Waals surface area contributed by atoms with Crippen LogP contribution >= 0.6 is 0 Å². The molecule has 0 aliphatic carbocycles. The highest BCUT2D eigenvalue weighted by Gasteiger charge is 2.54. The number of ether oxygens (including phenoxy) is 1. The zero-order valence-electron chi connectivity index (χ0n) is 20.2. The van der Waals surface area contributed by atoms with Crippen molar-refractivity contribution in [3.63, 3.8) is 0 Å². The predicted molar refractivity (Wildman–Crippen MR) is 137 cm³/mol. The van der Waals surface area contributed by atoms with Crippen LogP contribution in [0.3, 0.4) is 0 Å². The summed E-state index contributed by atoms with van der Waals surface area (Å²) in [7, 11) is 1.62. The van der Waals surface area contributed by atoms with Gasteiger partial charge >= 0.3 is 6.03 Å². The van der Waals surface area contributed by atoms with Crippen LogP contribution in [0.15, 0.2) is 72.8 Å². The van der Waals surface area contributed by atoms with Crippen LogP contribution in [0.2, 0.25) is 0 Å². The molecule has 3 atom stereocenters. The monoisotopic (exact) mass is 499 g/mol. The van der Waals surface area contributed by atoms with Gasteiger partial charge in [-0.15, -0.1) is 0 Å². The lowest BCUT2D eigenvalue weighted by molar-refractivity contribution is -0.159. The number of piperazine rings is 1. The summed E-state index contributed by atoms with van der Waals surface area (Å²) < 4.78 is 19.2. The van der Waals surface area contributed by atoms with Crippen LogP contribution in [0, 0.1) is 17.7 Å². The molecular weight excluding hydrogens is 473 g/mol. The summed E-state index contributed by atoms with van der Waals surface area (Å²) >= 11 is 0. The number of halogens is 1. The Bertz CT molecular complexity index is 1360. The first-order chi connectivity index (χ1) is 18.0. The minimum atomic E-state index is -0.544. The minimum Gasteiger partial charge on any atom is -0.497 e. The number of urea groups is 1. The number of nitrogens with zero attached hydrogens (tertiary/aromatic N) is 2. The molecule has 37 heavy (non-hydrogen) atoms. The standard InChI is InChI=1S/C29H26FN3O4/c1-37-22-14-10-20(11-15-22)7-6-19-8-12-21(13-9-19)28-25-16-32(17-27(35)33(25)26(28)18-34)29(36)31-24-5-3-2-4-23(24)30/h2-5,8-15,25-26,28,34H,16-18H2,1H3,(H,31,36)/t25-,26-,28-/m0/s1. The van der Waals surface area contributed by atoms with Crippen LogP contribution in [0.4, 0.5) is 14.9 Å². The summed E-state index contributed by atoms with van der Waals surface area (Å²) in [5.41, 5.74) is 2.72. The first-order valence-corrected chi connectivity index (χ1v) is 12.0. The molecule has 3 aromatic carbocycles. The van der Waals surface area contributed by atoms with Gasteiger partial charge in [-0.3, -0.25) is 4.79 Å². The largest absolute Gasteiger partial charge is 0.497 e. The fourth-order valence-electron chi connectivity index (χ4n) is 5.02. The third-order valence-corrected chi connectivity index (χ3v) is 6.89. The molecule has 2 fully saturated rings. The molecule has 2 heterocycles. The maximum Gasteiger partial charge on any atom is 0.322 e. The predicted octanol–water partition coefficient (Wildman–Crippen LogP) is 3.44. The van der Waals surface area contributed by atoms with Crippen molar-refractivity contribution in [3.8, 4) is 17.6 Å². The third-order valence-electron chi connectivity index (χ3n) is 6.89. The summed E-state index contributed by atoms with van der Waals surface area (Å²) in [6.07, 6.45) is 0. The first-order valence-electron chi connectivity index (χ1n) is 12.0. The number of carbonyl (C=O) groups is 2. The van der Waals surface area contributed by atoms with Gasteiger partial charge in [0.25, 0.3) is 0 Å². The van der Waals surface area contributed by atoms with Gasteiger partial charge in [-0.1, -0.05) is 36.1 Å². The van der Waals surface area contributed by atoms with E-state index in [-0.39, 0.29) is 49.3 Å². The Kier molecular flexibility index (Phi) is 6.80. The van der Waals surface area contributed by atoms with Crippen molar-refractivity contribution in [1.82, 2.24) is 9.80 Å². The topological polar surface area (TPSA) is 82.1 Å². The molecule has 0 aromatic heterocycles. The Hall–Kier alpha value is -4.35. The lowest BCUT2D eigenvalue weighted by atomic mass is 9.73. The lowest BCUT2D eigenvalue weighted by Crippen LogP contribution is -2.73. The Morgan fingerprint density at radius 1 is 1.05 bits per heavy atom. The fourth-order valence-corrected chi connectivity index (χ4v) is 5.02. The average Bonchev–Trinajstić information content (AvgIpc) is 2.91. The highest BCUT2D eigenvalue weighted by molar-refractivity contribution is 5.94. The molecule has 5 rings (SSSR count). The number of hydrogen-bond donors (Lipinski definition) is 2. The van der Waals surface area contributed by atoms with Gasteiger partial charge in [0.1, 0.15) is 18.1 Å². The van der Waals surface area contributed by atoms with E-state index in [1.165, 1.54) is 23.1 Å². The molecule has 3 amide bonds. The lowest BCUT2D eigenvalue weighted by Gasteiger charge is -2.58. The molecular formula is C29H26FN3O4. The second kappa shape index (κ2) is 10.3. The van der Waals surface area contributed by atoms with Crippen LogP contribution in [0.5, 0.6) is 5.75 Å². The van der Waals surface area contributed by atoms with Crippen LogP contribution in [-0.4, -0.2) is 65.7 Å². The molecule has 0 bridgehead atoms. The Balaban J connectivity index is 1.30. The van der Waals surface area contributed by atoms with Gasteiger partial charge in [-0.05, 0) is 54.1 Å². The van der Waals surface area contributed by atoms with E-state index in [1.54, 1.807) is 18.1 Å². The molecule has 188 valence electrons. The first kappa shape index (κ1) is 24.3. The van der Waals surface area contributed by atoms with Crippen molar-refractivity contribution < 1.29 is 23.8 Å². The summed E-state index contributed by atoms with van der Waals surface area (Å²) in [6.45, 7) is -0.0144. The van der Waals surface area contributed by atoms with Gasteiger partial charge in [-0.25, -0.2) is 9.18 Å². The number of aliphatic hydroxyl groups is 1. The second-order valence-corrected chi connectivity index (χ2v) is 9.04. The van der Waals surface area contributed by atoms with Gasteiger partial charge < -0.3 is 25.0 Å². The molecule has 0 radical (unpaired) electrons. The number of amides is 3. The second-order valence-electron chi connectivity index (χ2n) is 9.04. The minimum absolute atomic E-state index is 0.0621. The number of nitrogens with one attached hydrogen (secondary N) is 1. The molecule has 2 aliphatic rings. The van der Waals surface area contributed by atoms with Crippen LogP contribution < -0.4 is 10.1 Å². The van der Waals surface area contributed by atoms with Crippen LogP contribution in [0.25, 0.3) is 0 Å². The van der Waals surface area contributed by atoms with Gasteiger partial charge in [-0.2, -0.15) is 0 Å². The molecule has 0 saturated carbocycles. The smallest absolute Gasteiger partial charge is 0.322 e. The van der Waals surface area contributed by atoms with Gasteiger partial charge in [0.2, 0.25) is 5.91 Å². The molecule has 2 N–H and O–H groups in total. The number of fused-ring (bicyclic) bond motifs is 1. The summed E-state index contributed by atoms with van der Waals surface area (Å²) in [5.74, 6) is 6.12. The fraction of sp³-hybridized carbons (Fsp3) is 0.241. The van der Waals surface area contributed by atoms with Crippen molar-refractivity contribution in [2.45, 2.75) is 18.0 Å². The van der Waals surface area contributed by atoms with E-state index < -0.39 is 11.8 Å². The molecule has 2 aliphatic heterocycles. The van der Waals surface area contributed by atoms with Gasteiger partial charge in [0, 0.05) is 23.6 Å². The van der Waals surface area contributed by atoms with Crippen molar-refractivity contribution in [2.75, 3.05) is 32.1 Å². The number of aliphatic hydroxyl groups excluding tert-OH is 1. The Morgan fingerprint density at radius 2 is 1.70 bits per heavy atom. The van der Waals surface area contributed by atoms with E-state index in [9.17, 15) is 19.1 Å². The molecule has 0 unspecified atom stereocenters. The summed E-state index contributed by atoms with van der Waals surface area (Å²) in [6, 6.07) is 20.0. The van der Waals surface area contributed by atoms with Gasteiger partial charge in [0.15, 0.2) is 0 Å². The quantitative estimate of drug-likeness (QED) is 0.539. The number of rotatable bonds is 4. The molecule has 3 aromatic rings. The molecule has 8 heteroatoms. The van der Waals surface area contributed by atoms with E-state index in [0.717, 1.165) is 22.4 Å². The zero-order chi connectivity index (χ0) is 25.9. The maximum absolute atomic E-state index is 14.0. The highest BCUT2D eigenvalue weighted by Crippen LogP contribution is 2.43. The average molecular weight is 500 g/mol. The molecule has 2 saturated heterocycles. The maximum atomic E-state index is 14.0. The number of carbonyl (C=O) groups excluding carboxylic acids is 2. The molecule has 0 spiro atoms. The summed E-state index contributed by atoms with van der Waals surface area (Å²) in [5, 5.41) is 12.6. The van der Waals surface area contributed by atoms with Gasteiger partial charge in [0.05, 0.1) is 31.5 Å². The summed E-state index contributed by atoms with van der Waals surface area (Å²) in [4.78, 5) is 28.7. The Labute approximate surface area is 214 Å². The zero-order valence-corrected chi connectivity index (χ0v) is 20.2. The van der Waals surface area contributed by atoms with Crippen molar-refractivity contribution in [2.24, 2.45) is 0 Å².